The predicted octanol–water partition coefficient (Wildman–Crippen LogP) is 4.93. The second-order valence-electron chi connectivity index (χ2n) is 5.84. The zero-order valence-electron chi connectivity index (χ0n) is 13.8. The van der Waals surface area contributed by atoms with E-state index in [2.05, 4.69) is 10.1 Å². The summed E-state index contributed by atoms with van der Waals surface area (Å²) in [7, 11) is 0. The zero-order valence-corrected chi connectivity index (χ0v) is 14.5. The van der Waals surface area contributed by atoms with Gasteiger partial charge in [0.1, 0.15) is 0 Å². The van der Waals surface area contributed by atoms with E-state index in [1.54, 1.807) is 22.8 Å². The van der Waals surface area contributed by atoms with Gasteiger partial charge in [0.05, 0.1) is 16.3 Å². The molecule has 0 saturated heterocycles. The number of non-ortho nitro benzene ring substituents is 1. The summed E-state index contributed by atoms with van der Waals surface area (Å²) in [6, 6.07) is 15.8. The van der Waals surface area contributed by atoms with Crippen LogP contribution in [-0.4, -0.2) is 19.5 Å². The number of nitro benzene ring substituents is 1. The first-order valence-electron chi connectivity index (χ1n) is 7.90. The van der Waals surface area contributed by atoms with Gasteiger partial charge in [0.15, 0.2) is 5.65 Å². The molecular weight excluding hydrogens is 352 g/mol. The summed E-state index contributed by atoms with van der Waals surface area (Å²) in [5.41, 5.74) is 5.07. The molecule has 0 bridgehead atoms. The number of rotatable bonds is 3. The Hall–Kier alpha value is -3.25. The Balaban J connectivity index is 1.91. The topological polar surface area (TPSA) is 73.3 Å². The minimum atomic E-state index is -0.415. The molecule has 7 heteroatoms. The molecule has 2 aromatic carbocycles. The highest BCUT2D eigenvalue weighted by atomic mass is 35.5. The number of aryl methyl sites for hydroxylation is 1. The number of aromatic nitrogens is 3. The van der Waals surface area contributed by atoms with Crippen LogP contribution in [0.2, 0.25) is 5.02 Å². The van der Waals surface area contributed by atoms with Crippen LogP contribution in [0, 0.1) is 17.0 Å². The van der Waals surface area contributed by atoms with Crippen LogP contribution < -0.4 is 0 Å². The van der Waals surface area contributed by atoms with Gasteiger partial charge in [0.25, 0.3) is 5.69 Å². The van der Waals surface area contributed by atoms with E-state index in [1.807, 2.05) is 37.3 Å². The fourth-order valence-electron chi connectivity index (χ4n) is 3.01. The van der Waals surface area contributed by atoms with Crippen molar-refractivity contribution in [1.82, 2.24) is 14.6 Å². The van der Waals surface area contributed by atoms with Crippen LogP contribution in [0.3, 0.4) is 0 Å². The normalized spacial score (nSPS) is 11.0. The Bertz CT molecular complexity index is 1140. The first kappa shape index (κ1) is 16.2. The molecule has 0 amide bonds. The largest absolute Gasteiger partial charge is 0.269 e. The summed E-state index contributed by atoms with van der Waals surface area (Å²) >= 11 is 6.13. The third kappa shape index (κ3) is 2.70. The highest BCUT2D eigenvalue weighted by Crippen LogP contribution is 2.31. The lowest BCUT2D eigenvalue weighted by Gasteiger charge is -2.05. The van der Waals surface area contributed by atoms with E-state index in [4.69, 9.17) is 11.6 Å². The molecule has 0 N–H and O–H groups in total. The monoisotopic (exact) mass is 364 g/mol. The van der Waals surface area contributed by atoms with Crippen LogP contribution in [-0.2, 0) is 0 Å². The number of hydrogen-bond donors (Lipinski definition) is 0. The van der Waals surface area contributed by atoms with Gasteiger partial charge in [-0.25, -0.2) is 9.50 Å². The third-order valence-corrected chi connectivity index (χ3v) is 4.42. The first-order chi connectivity index (χ1) is 12.5. The Morgan fingerprint density at radius 2 is 1.85 bits per heavy atom. The quantitative estimate of drug-likeness (QED) is 0.381. The summed E-state index contributed by atoms with van der Waals surface area (Å²) in [4.78, 5) is 14.9. The third-order valence-electron chi connectivity index (χ3n) is 4.18. The standard InChI is InChI=1S/C19H13ClN4O2/c1-12-18(14-3-2-4-15(20)11-14)19-21-10-9-17(23(19)22-12)13-5-7-16(8-6-13)24(25)26/h2-11H,1H3. The number of nitrogens with zero attached hydrogens (tertiary/aromatic N) is 4. The van der Waals surface area contributed by atoms with Gasteiger partial charge < -0.3 is 0 Å². The number of nitro groups is 1. The molecule has 26 heavy (non-hydrogen) atoms. The van der Waals surface area contributed by atoms with Gasteiger partial charge in [-0.15, -0.1) is 0 Å². The van der Waals surface area contributed by atoms with Crippen molar-refractivity contribution in [1.29, 1.82) is 0 Å². The van der Waals surface area contributed by atoms with Crippen molar-refractivity contribution in [2.45, 2.75) is 6.92 Å². The molecule has 4 rings (SSSR count). The molecule has 6 nitrogen and oxygen atoms in total. The molecule has 2 aromatic heterocycles. The molecule has 0 aliphatic heterocycles. The molecule has 0 spiro atoms. The lowest BCUT2D eigenvalue weighted by Crippen LogP contribution is -1.96. The van der Waals surface area contributed by atoms with E-state index in [9.17, 15) is 10.1 Å². The van der Waals surface area contributed by atoms with Gasteiger partial charge in [0.2, 0.25) is 0 Å². The van der Waals surface area contributed by atoms with Crippen molar-refractivity contribution in [2.75, 3.05) is 0 Å². The van der Waals surface area contributed by atoms with Gasteiger partial charge >= 0.3 is 0 Å². The number of halogens is 1. The van der Waals surface area contributed by atoms with Crippen molar-refractivity contribution in [2.24, 2.45) is 0 Å². The van der Waals surface area contributed by atoms with E-state index < -0.39 is 4.92 Å². The SMILES string of the molecule is Cc1nn2c(-c3ccc([N+](=O)[O-])cc3)ccnc2c1-c1cccc(Cl)c1. The Morgan fingerprint density at radius 1 is 1.08 bits per heavy atom. The lowest BCUT2D eigenvalue weighted by molar-refractivity contribution is -0.384. The smallest absolute Gasteiger partial charge is 0.258 e. The van der Waals surface area contributed by atoms with Crippen LogP contribution in [0.15, 0.2) is 60.8 Å². The van der Waals surface area contributed by atoms with Gasteiger partial charge in [0, 0.05) is 34.5 Å². The van der Waals surface area contributed by atoms with Gasteiger partial charge in [-0.1, -0.05) is 23.7 Å². The summed E-state index contributed by atoms with van der Waals surface area (Å²) in [6.45, 7) is 1.92. The summed E-state index contributed by atoms with van der Waals surface area (Å²) < 4.78 is 1.76. The maximum Gasteiger partial charge on any atom is 0.269 e. The van der Waals surface area contributed by atoms with Gasteiger partial charge in [-0.2, -0.15) is 5.10 Å². The van der Waals surface area contributed by atoms with Crippen molar-refractivity contribution < 1.29 is 4.92 Å². The van der Waals surface area contributed by atoms with Crippen LogP contribution >= 0.6 is 11.6 Å². The summed E-state index contributed by atoms with van der Waals surface area (Å²) in [5.74, 6) is 0. The average molecular weight is 365 g/mol. The second-order valence-corrected chi connectivity index (χ2v) is 6.28. The van der Waals surface area contributed by atoms with E-state index in [-0.39, 0.29) is 5.69 Å². The minimum absolute atomic E-state index is 0.0512. The Kier molecular flexibility index (Phi) is 3.89. The fourth-order valence-corrected chi connectivity index (χ4v) is 3.20. The molecule has 128 valence electrons. The molecule has 0 aliphatic rings. The number of benzene rings is 2. The zero-order chi connectivity index (χ0) is 18.3. The fraction of sp³-hybridized carbons (Fsp3) is 0.0526. The molecule has 0 saturated carbocycles. The average Bonchev–Trinajstić information content (AvgIpc) is 2.97. The van der Waals surface area contributed by atoms with E-state index in [0.29, 0.717) is 10.7 Å². The van der Waals surface area contributed by atoms with Gasteiger partial charge in [-0.05, 0) is 42.8 Å². The molecule has 2 heterocycles. The van der Waals surface area contributed by atoms with Crippen LogP contribution in [0.25, 0.3) is 28.0 Å². The molecule has 0 radical (unpaired) electrons. The van der Waals surface area contributed by atoms with Crippen molar-refractivity contribution in [3.05, 3.63) is 81.6 Å². The molecule has 4 aromatic rings. The van der Waals surface area contributed by atoms with Crippen LogP contribution in [0.1, 0.15) is 5.69 Å². The summed E-state index contributed by atoms with van der Waals surface area (Å²) in [6.07, 6.45) is 1.71. The van der Waals surface area contributed by atoms with E-state index in [1.165, 1.54) is 12.1 Å². The first-order valence-corrected chi connectivity index (χ1v) is 8.27. The predicted molar refractivity (Wildman–Crippen MR) is 100 cm³/mol. The molecular formula is C19H13ClN4O2. The number of fused-ring (bicyclic) bond motifs is 1. The molecule has 0 aliphatic carbocycles. The van der Waals surface area contributed by atoms with Crippen LogP contribution in [0.5, 0.6) is 0 Å². The van der Waals surface area contributed by atoms with Gasteiger partial charge in [-0.3, -0.25) is 10.1 Å². The molecule has 0 unspecified atom stereocenters. The maximum absolute atomic E-state index is 10.9. The minimum Gasteiger partial charge on any atom is -0.258 e. The maximum atomic E-state index is 10.9. The Morgan fingerprint density at radius 3 is 2.54 bits per heavy atom. The van der Waals surface area contributed by atoms with Crippen molar-refractivity contribution in [3.8, 4) is 22.4 Å². The van der Waals surface area contributed by atoms with E-state index >= 15 is 0 Å². The Labute approximate surface area is 153 Å². The second kappa shape index (κ2) is 6.24. The van der Waals surface area contributed by atoms with E-state index in [0.717, 1.165) is 28.1 Å². The lowest BCUT2D eigenvalue weighted by atomic mass is 10.1. The summed E-state index contributed by atoms with van der Waals surface area (Å²) in [5, 5.41) is 16.1. The highest BCUT2D eigenvalue weighted by Gasteiger charge is 2.16. The van der Waals surface area contributed by atoms with Crippen molar-refractivity contribution >= 4 is 22.9 Å². The molecule has 0 atom stereocenters. The van der Waals surface area contributed by atoms with Crippen LogP contribution in [0.4, 0.5) is 5.69 Å². The van der Waals surface area contributed by atoms with Crippen molar-refractivity contribution in [3.63, 3.8) is 0 Å². The molecule has 0 fully saturated rings. The number of hydrogen-bond acceptors (Lipinski definition) is 4. The highest BCUT2D eigenvalue weighted by molar-refractivity contribution is 6.30.